The molecule has 0 spiro atoms. The van der Waals surface area contributed by atoms with Crippen molar-refractivity contribution < 1.29 is 12.9 Å². The Morgan fingerprint density at radius 2 is 2.12 bits per heavy atom. The number of sulfonamides is 1. The van der Waals surface area contributed by atoms with Gasteiger partial charge in [0.05, 0.1) is 17.3 Å². The van der Waals surface area contributed by atoms with Crippen molar-refractivity contribution in [3.8, 4) is 11.8 Å². The van der Waals surface area contributed by atoms with E-state index in [0.717, 1.165) is 11.1 Å². The number of pyridine rings is 1. The standard InChI is InChI=1S/C24H24ClN3O3S/c1-4-22-21-14-20(15-26-23(21)31-27-22)32(29,30)28-12-11-18(24(2,3)16-28)9-5-7-17-8-6-10-19(25)13-17/h6,8-10,13-15H,4,11-12,16H2,1-3H3/b18-9+. The van der Waals surface area contributed by atoms with E-state index >= 15 is 0 Å². The number of piperidine rings is 1. The minimum Gasteiger partial charge on any atom is -0.336 e. The molecule has 1 fully saturated rings. The maximum Gasteiger partial charge on any atom is 0.258 e. The summed E-state index contributed by atoms with van der Waals surface area (Å²) in [7, 11) is -3.70. The molecule has 0 unspecified atom stereocenters. The number of nitrogens with zero attached hydrogens (tertiary/aromatic N) is 3. The van der Waals surface area contributed by atoms with E-state index in [-0.39, 0.29) is 10.3 Å². The second-order valence-corrected chi connectivity index (χ2v) is 10.8. The normalized spacial score (nSPS) is 17.9. The summed E-state index contributed by atoms with van der Waals surface area (Å²) in [5.41, 5.74) is 2.67. The predicted octanol–water partition coefficient (Wildman–Crippen LogP) is 4.84. The molecule has 3 heterocycles. The van der Waals surface area contributed by atoms with Gasteiger partial charge in [-0.25, -0.2) is 13.4 Å². The van der Waals surface area contributed by atoms with Crippen molar-refractivity contribution in [1.29, 1.82) is 0 Å². The lowest BCUT2D eigenvalue weighted by atomic mass is 9.79. The lowest BCUT2D eigenvalue weighted by molar-refractivity contribution is 0.254. The van der Waals surface area contributed by atoms with Crippen LogP contribution >= 0.6 is 11.6 Å². The summed E-state index contributed by atoms with van der Waals surface area (Å²) in [5.74, 6) is 6.20. The molecule has 1 saturated heterocycles. The van der Waals surface area contributed by atoms with Crippen LogP contribution in [0.2, 0.25) is 5.02 Å². The quantitative estimate of drug-likeness (QED) is 0.513. The van der Waals surface area contributed by atoms with Crippen LogP contribution in [0.25, 0.3) is 11.1 Å². The highest BCUT2D eigenvalue weighted by Gasteiger charge is 2.37. The minimum atomic E-state index is -3.70. The minimum absolute atomic E-state index is 0.159. The van der Waals surface area contributed by atoms with Gasteiger partial charge in [0.15, 0.2) is 0 Å². The summed E-state index contributed by atoms with van der Waals surface area (Å²) in [6.45, 7) is 6.77. The van der Waals surface area contributed by atoms with E-state index in [4.69, 9.17) is 16.1 Å². The van der Waals surface area contributed by atoms with Gasteiger partial charge in [-0.15, -0.1) is 0 Å². The first kappa shape index (κ1) is 22.5. The third-order valence-electron chi connectivity index (χ3n) is 5.71. The van der Waals surface area contributed by atoms with Crippen LogP contribution in [0.4, 0.5) is 0 Å². The molecule has 3 aromatic rings. The summed E-state index contributed by atoms with van der Waals surface area (Å²) in [4.78, 5) is 4.32. The first-order valence-corrected chi connectivity index (χ1v) is 12.2. The Labute approximate surface area is 193 Å². The fraction of sp³-hybridized carbons (Fsp3) is 0.333. The number of aromatic nitrogens is 2. The summed E-state index contributed by atoms with van der Waals surface area (Å²) in [6, 6.07) is 9.01. The number of rotatable bonds is 3. The summed E-state index contributed by atoms with van der Waals surface area (Å²) < 4.78 is 33.4. The van der Waals surface area contributed by atoms with Crippen molar-refractivity contribution in [1.82, 2.24) is 14.4 Å². The van der Waals surface area contributed by atoms with Crippen LogP contribution in [0.1, 0.15) is 38.4 Å². The van der Waals surface area contributed by atoms with Gasteiger partial charge >= 0.3 is 0 Å². The third kappa shape index (κ3) is 4.44. The largest absolute Gasteiger partial charge is 0.336 e. The zero-order valence-electron chi connectivity index (χ0n) is 18.2. The Balaban J connectivity index is 1.56. The zero-order chi connectivity index (χ0) is 22.9. The Morgan fingerprint density at radius 3 is 2.84 bits per heavy atom. The number of fused-ring (bicyclic) bond motifs is 1. The molecule has 8 heteroatoms. The SMILES string of the molecule is CCc1noc2ncc(S(=O)(=O)N3CC/C(=C\C#Cc4cccc(Cl)c4)C(C)(C)C3)cc12. The van der Waals surface area contributed by atoms with Crippen LogP contribution in [0, 0.1) is 17.3 Å². The lowest BCUT2D eigenvalue weighted by Gasteiger charge is -2.39. The Hall–Kier alpha value is -2.66. The van der Waals surface area contributed by atoms with E-state index in [9.17, 15) is 8.42 Å². The van der Waals surface area contributed by atoms with Crippen molar-refractivity contribution in [2.75, 3.05) is 13.1 Å². The number of hydrogen-bond acceptors (Lipinski definition) is 5. The van der Waals surface area contributed by atoms with Crippen LogP contribution in [0.15, 0.2) is 57.6 Å². The van der Waals surface area contributed by atoms with E-state index in [0.29, 0.717) is 47.7 Å². The van der Waals surface area contributed by atoms with Gasteiger partial charge in [0, 0.05) is 29.1 Å². The van der Waals surface area contributed by atoms with Crippen LogP contribution in [-0.4, -0.2) is 36.0 Å². The maximum absolute atomic E-state index is 13.4. The zero-order valence-corrected chi connectivity index (χ0v) is 19.8. The summed E-state index contributed by atoms with van der Waals surface area (Å²) in [6.07, 6.45) is 4.50. The molecule has 0 atom stereocenters. The van der Waals surface area contributed by atoms with Crippen LogP contribution in [0.5, 0.6) is 0 Å². The van der Waals surface area contributed by atoms with Gasteiger partial charge < -0.3 is 4.52 Å². The van der Waals surface area contributed by atoms with Gasteiger partial charge in [0.1, 0.15) is 4.90 Å². The topological polar surface area (TPSA) is 76.3 Å². The molecule has 166 valence electrons. The van der Waals surface area contributed by atoms with Crippen molar-refractivity contribution in [2.24, 2.45) is 5.41 Å². The lowest BCUT2D eigenvalue weighted by Crippen LogP contribution is -2.44. The summed E-state index contributed by atoms with van der Waals surface area (Å²) in [5, 5.41) is 5.25. The first-order chi connectivity index (χ1) is 15.2. The van der Waals surface area contributed by atoms with Gasteiger partial charge in [0.25, 0.3) is 5.71 Å². The number of aryl methyl sites for hydroxylation is 1. The molecular weight excluding hydrogens is 446 g/mol. The monoisotopic (exact) mass is 469 g/mol. The van der Waals surface area contributed by atoms with Crippen LogP contribution in [0.3, 0.4) is 0 Å². The van der Waals surface area contributed by atoms with Gasteiger partial charge in [0.2, 0.25) is 10.0 Å². The van der Waals surface area contributed by atoms with Crippen molar-refractivity contribution in [3.63, 3.8) is 0 Å². The fourth-order valence-corrected chi connectivity index (χ4v) is 5.62. The average molecular weight is 470 g/mol. The molecule has 32 heavy (non-hydrogen) atoms. The third-order valence-corrected chi connectivity index (χ3v) is 7.76. The summed E-state index contributed by atoms with van der Waals surface area (Å²) >= 11 is 6.01. The molecule has 0 aliphatic carbocycles. The van der Waals surface area contributed by atoms with Gasteiger partial charge in [-0.2, -0.15) is 4.31 Å². The molecule has 0 amide bonds. The molecule has 1 aromatic carbocycles. The second-order valence-electron chi connectivity index (χ2n) is 8.43. The van der Waals surface area contributed by atoms with Crippen molar-refractivity contribution in [2.45, 2.75) is 38.5 Å². The number of benzene rings is 1. The highest BCUT2D eigenvalue weighted by molar-refractivity contribution is 7.89. The predicted molar refractivity (Wildman–Crippen MR) is 125 cm³/mol. The average Bonchev–Trinajstić information content (AvgIpc) is 3.17. The Bertz CT molecular complexity index is 1360. The molecule has 0 bridgehead atoms. The van der Waals surface area contributed by atoms with E-state index in [1.807, 2.05) is 51.1 Å². The molecule has 6 nitrogen and oxygen atoms in total. The molecule has 4 rings (SSSR count). The number of halogens is 1. The van der Waals surface area contributed by atoms with Crippen LogP contribution in [-0.2, 0) is 16.4 Å². The highest BCUT2D eigenvalue weighted by Crippen LogP contribution is 2.36. The fourth-order valence-electron chi connectivity index (χ4n) is 3.86. The van der Waals surface area contributed by atoms with E-state index in [2.05, 4.69) is 22.0 Å². The molecule has 0 N–H and O–H groups in total. The molecule has 2 aromatic heterocycles. The number of hydrogen-bond donors (Lipinski definition) is 0. The van der Waals surface area contributed by atoms with Gasteiger partial charge in [-0.05, 0) is 43.2 Å². The molecule has 0 radical (unpaired) electrons. The van der Waals surface area contributed by atoms with E-state index < -0.39 is 10.0 Å². The molecule has 1 aliphatic rings. The van der Waals surface area contributed by atoms with Gasteiger partial charge in [-0.1, -0.05) is 61.0 Å². The smallest absolute Gasteiger partial charge is 0.258 e. The van der Waals surface area contributed by atoms with E-state index in [1.54, 1.807) is 6.07 Å². The Morgan fingerprint density at radius 1 is 1.31 bits per heavy atom. The molecule has 1 aliphatic heterocycles. The maximum atomic E-state index is 13.4. The molecular formula is C24H24ClN3O3S. The highest BCUT2D eigenvalue weighted by atomic mass is 35.5. The van der Waals surface area contributed by atoms with Crippen LogP contribution < -0.4 is 0 Å². The second kappa shape index (κ2) is 8.70. The Kier molecular flexibility index (Phi) is 6.13. The molecule has 0 saturated carbocycles. The van der Waals surface area contributed by atoms with Gasteiger partial charge in [-0.3, -0.25) is 0 Å². The van der Waals surface area contributed by atoms with Crippen molar-refractivity contribution >= 4 is 32.7 Å². The first-order valence-electron chi connectivity index (χ1n) is 10.4. The van der Waals surface area contributed by atoms with E-state index in [1.165, 1.54) is 10.5 Å². The number of allylic oxidation sites excluding steroid dienone is 1. The van der Waals surface area contributed by atoms with Crippen molar-refractivity contribution in [3.05, 3.63) is 64.5 Å².